The number of pyridine rings is 1. The zero-order valence-electron chi connectivity index (χ0n) is 11.8. The van der Waals surface area contributed by atoms with Gasteiger partial charge in [-0.15, -0.1) is 0 Å². The van der Waals surface area contributed by atoms with Crippen LogP contribution in [0.15, 0.2) is 24.5 Å². The van der Waals surface area contributed by atoms with Crippen LogP contribution in [0, 0.1) is 0 Å². The lowest BCUT2D eigenvalue weighted by Crippen LogP contribution is -2.21. The Morgan fingerprint density at radius 1 is 1.30 bits per heavy atom. The standard InChI is InChI=1S/C13H18N6O/c1-9(2)20-13-17-11(14)16-12(18-13)19(3)8-10-5-4-6-15-7-10/h4-7,9H,8H2,1-3H3,(H2,14,16,17,18). The van der Waals surface area contributed by atoms with Gasteiger partial charge in [0.25, 0.3) is 0 Å². The number of hydrogen-bond acceptors (Lipinski definition) is 7. The molecule has 0 amide bonds. The van der Waals surface area contributed by atoms with Crippen LogP contribution in [0.1, 0.15) is 19.4 Å². The predicted molar refractivity (Wildman–Crippen MR) is 76.3 cm³/mol. The van der Waals surface area contributed by atoms with Gasteiger partial charge in [-0.05, 0) is 25.5 Å². The fourth-order valence-electron chi connectivity index (χ4n) is 1.63. The molecule has 0 unspecified atom stereocenters. The Hall–Kier alpha value is -2.44. The quantitative estimate of drug-likeness (QED) is 0.878. The normalized spacial score (nSPS) is 10.6. The summed E-state index contributed by atoms with van der Waals surface area (Å²) in [6.45, 7) is 4.43. The number of ether oxygens (including phenoxy) is 1. The molecule has 0 saturated heterocycles. The molecule has 2 heterocycles. The van der Waals surface area contributed by atoms with E-state index in [0.29, 0.717) is 12.5 Å². The lowest BCUT2D eigenvalue weighted by molar-refractivity contribution is 0.222. The number of aromatic nitrogens is 4. The summed E-state index contributed by atoms with van der Waals surface area (Å²) >= 11 is 0. The molecule has 0 aliphatic heterocycles. The first-order valence-electron chi connectivity index (χ1n) is 6.33. The highest BCUT2D eigenvalue weighted by Gasteiger charge is 2.11. The van der Waals surface area contributed by atoms with Crippen molar-refractivity contribution in [3.05, 3.63) is 30.1 Å². The van der Waals surface area contributed by atoms with Gasteiger partial charge < -0.3 is 15.4 Å². The van der Waals surface area contributed by atoms with Crippen LogP contribution in [0.2, 0.25) is 0 Å². The molecule has 0 aromatic carbocycles. The average Bonchev–Trinajstić information content (AvgIpc) is 2.38. The molecule has 0 saturated carbocycles. The Balaban J connectivity index is 2.16. The summed E-state index contributed by atoms with van der Waals surface area (Å²) in [4.78, 5) is 18.3. The second kappa shape index (κ2) is 6.14. The SMILES string of the molecule is CC(C)Oc1nc(N)nc(N(C)Cc2cccnc2)n1. The highest BCUT2D eigenvalue weighted by atomic mass is 16.5. The van der Waals surface area contributed by atoms with E-state index in [0.717, 1.165) is 5.56 Å². The van der Waals surface area contributed by atoms with Gasteiger partial charge in [0.2, 0.25) is 11.9 Å². The number of nitrogens with two attached hydrogens (primary N) is 1. The molecule has 2 N–H and O–H groups in total. The zero-order valence-corrected chi connectivity index (χ0v) is 11.8. The number of rotatable bonds is 5. The van der Waals surface area contributed by atoms with Crippen molar-refractivity contribution < 1.29 is 4.74 Å². The second-order valence-corrected chi connectivity index (χ2v) is 4.66. The average molecular weight is 274 g/mol. The van der Waals surface area contributed by atoms with Gasteiger partial charge in [0.15, 0.2) is 0 Å². The van der Waals surface area contributed by atoms with Crippen LogP contribution in [0.5, 0.6) is 6.01 Å². The second-order valence-electron chi connectivity index (χ2n) is 4.66. The Bertz CT molecular complexity index is 560. The molecule has 0 fully saturated rings. The van der Waals surface area contributed by atoms with E-state index < -0.39 is 0 Å². The molecule has 0 aliphatic carbocycles. The molecular formula is C13H18N6O. The van der Waals surface area contributed by atoms with Crippen molar-refractivity contribution in [1.29, 1.82) is 0 Å². The van der Waals surface area contributed by atoms with E-state index >= 15 is 0 Å². The van der Waals surface area contributed by atoms with E-state index in [9.17, 15) is 0 Å². The largest absolute Gasteiger partial charge is 0.461 e. The minimum Gasteiger partial charge on any atom is -0.461 e. The first-order valence-corrected chi connectivity index (χ1v) is 6.33. The summed E-state index contributed by atoms with van der Waals surface area (Å²) in [6, 6.07) is 4.11. The highest BCUT2D eigenvalue weighted by molar-refractivity contribution is 5.36. The maximum Gasteiger partial charge on any atom is 0.323 e. The minimum atomic E-state index is -0.0201. The van der Waals surface area contributed by atoms with Gasteiger partial charge in [-0.2, -0.15) is 15.0 Å². The van der Waals surface area contributed by atoms with Crippen molar-refractivity contribution in [2.24, 2.45) is 0 Å². The maximum absolute atomic E-state index is 5.69. The van der Waals surface area contributed by atoms with Gasteiger partial charge >= 0.3 is 6.01 Å². The van der Waals surface area contributed by atoms with E-state index in [1.54, 1.807) is 12.4 Å². The van der Waals surface area contributed by atoms with E-state index in [1.807, 2.05) is 37.9 Å². The lowest BCUT2D eigenvalue weighted by Gasteiger charge is -2.18. The number of nitrogen functional groups attached to an aromatic ring is 1. The van der Waals surface area contributed by atoms with Gasteiger partial charge in [0.05, 0.1) is 6.10 Å². The minimum absolute atomic E-state index is 0.0201. The summed E-state index contributed by atoms with van der Waals surface area (Å²) < 4.78 is 5.45. The van der Waals surface area contributed by atoms with E-state index in [-0.39, 0.29) is 18.1 Å². The van der Waals surface area contributed by atoms with Gasteiger partial charge in [-0.3, -0.25) is 4.98 Å². The van der Waals surface area contributed by atoms with Crippen LogP contribution < -0.4 is 15.4 Å². The van der Waals surface area contributed by atoms with Crippen molar-refractivity contribution in [1.82, 2.24) is 19.9 Å². The molecule has 2 rings (SSSR count). The van der Waals surface area contributed by atoms with Crippen LogP contribution in [-0.2, 0) is 6.54 Å². The molecule has 2 aromatic rings. The fraction of sp³-hybridized carbons (Fsp3) is 0.385. The van der Waals surface area contributed by atoms with Crippen LogP contribution in [0.3, 0.4) is 0 Å². The van der Waals surface area contributed by atoms with Crippen molar-refractivity contribution in [2.45, 2.75) is 26.5 Å². The van der Waals surface area contributed by atoms with Crippen LogP contribution in [0.4, 0.5) is 11.9 Å². The summed E-state index contributed by atoms with van der Waals surface area (Å²) in [5, 5.41) is 0. The van der Waals surface area contributed by atoms with Crippen molar-refractivity contribution >= 4 is 11.9 Å². The van der Waals surface area contributed by atoms with Crippen LogP contribution >= 0.6 is 0 Å². The molecule has 0 atom stereocenters. The topological polar surface area (TPSA) is 90.0 Å². The summed E-state index contributed by atoms with van der Waals surface area (Å²) in [5.41, 5.74) is 6.74. The van der Waals surface area contributed by atoms with Crippen LogP contribution in [0.25, 0.3) is 0 Å². The molecule has 0 spiro atoms. The van der Waals surface area contributed by atoms with Crippen molar-refractivity contribution in [2.75, 3.05) is 17.7 Å². The first kappa shape index (κ1) is 14.0. The third kappa shape index (κ3) is 3.78. The zero-order chi connectivity index (χ0) is 14.5. The maximum atomic E-state index is 5.69. The third-order valence-corrected chi connectivity index (χ3v) is 2.45. The Labute approximate surface area is 117 Å². The molecule has 7 heteroatoms. The summed E-state index contributed by atoms with van der Waals surface area (Å²) in [5.74, 6) is 0.612. The predicted octanol–water partition coefficient (Wildman–Crippen LogP) is 1.27. The number of anilines is 2. The molecule has 20 heavy (non-hydrogen) atoms. The summed E-state index contributed by atoms with van der Waals surface area (Å²) in [7, 11) is 1.88. The molecule has 0 bridgehead atoms. The number of hydrogen-bond donors (Lipinski definition) is 1. The molecule has 0 aliphatic rings. The van der Waals surface area contributed by atoms with Gasteiger partial charge in [0.1, 0.15) is 0 Å². The summed E-state index contributed by atoms with van der Waals surface area (Å²) in [6.07, 6.45) is 3.51. The van der Waals surface area contributed by atoms with Gasteiger partial charge in [-0.1, -0.05) is 6.07 Å². The fourth-order valence-corrected chi connectivity index (χ4v) is 1.63. The molecular weight excluding hydrogens is 256 g/mol. The molecule has 2 aromatic heterocycles. The van der Waals surface area contributed by atoms with Crippen molar-refractivity contribution in [3.8, 4) is 6.01 Å². The Morgan fingerprint density at radius 3 is 2.75 bits per heavy atom. The third-order valence-electron chi connectivity index (χ3n) is 2.45. The Morgan fingerprint density at radius 2 is 2.10 bits per heavy atom. The first-order chi connectivity index (χ1) is 9.54. The molecule has 106 valence electrons. The highest BCUT2D eigenvalue weighted by Crippen LogP contribution is 2.15. The van der Waals surface area contributed by atoms with Gasteiger partial charge in [-0.25, -0.2) is 0 Å². The monoisotopic (exact) mass is 274 g/mol. The van der Waals surface area contributed by atoms with E-state index in [4.69, 9.17) is 10.5 Å². The van der Waals surface area contributed by atoms with E-state index in [2.05, 4.69) is 19.9 Å². The molecule has 7 nitrogen and oxygen atoms in total. The number of nitrogens with zero attached hydrogens (tertiary/aromatic N) is 5. The lowest BCUT2D eigenvalue weighted by atomic mass is 10.3. The van der Waals surface area contributed by atoms with Crippen molar-refractivity contribution in [3.63, 3.8) is 0 Å². The Kier molecular flexibility index (Phi) is 4.29. The smallest absolute Gasteiger partial charge is 0.323 e. The molecule has 0 radical (unpaired) electrons. The van der Waals surface area contributed by atoms with Crippen LogP contribution in [-0.4, -0.2) is 33.1 Å². The van der Waals surface area contributed by atoms with Gasteiger partial charge in [0, 0.05) is 26.0 Å². The van der Waals surface area contributed by atoms with E-state index in [1.165, 1.54) is 0 Å².